The van der Waals surface area contributed by atoms with E-state index in [0.29, 0.717) is 0 Å². The molecule has 1 fully saturated rings. The molecular weight excluding hydrogens is 294 g/mol. The van der Waals surface area contributed by atoms with Crippen LogP contribution in [-0.4, -0.2) is 10.5 Å². The maximum absolute atomic E-state index is 4.48. The molecule has 90 valence electrons. The van der Waals surface area contributed by atoms with Gasteiger partial charge in [-0.2, -0.15) is 0 Å². The number of rotatable bonds is 3. The first-order valence-corrected chi connectivity index (χ1v) is 11.0. The van der Waals surface area contributed by atoms with Gasteiger partial charge in [-0.25, -0.2) is 0 Å². The maximum atomic E-state index is 4.48. The van der Waals surface area contributed by atoms with Crippen molar-refractivity contribution in [3.63, 3.8) is 0 Å². The summed E-state index contributed by atoms with van der Waals surface area (Å²) < 4.78 is 1.73. The summed E-state index contributed by atoms with van der Waals surface area (Å²) in [6, 6.07) is 0. The molecule has 2 aliphatic carbocycles. The second-order valence-electron chi connectivity index (χ2n) is 4.28. The zero-order chi connectivity index (χ0) is 9.80. The summed E-state index contributed by atoms with van der Waals surface area (Å²) in [5.74, 6) is 0. The van der Waals surface area contributed by atoms with Crippen molar-refractivity contribution in [1.29, 1.82) is 0 Å². The fourth-order valence-corrected chi connectivity index (χ4v) is 9.96. The molecule has 1 atom stereocenters. The van der Waals surface area contributed by atoms with Crippen molar-refractivity contribution in [2.75, 3.05) is 0 Å². The molecular formula is C12H19Cl2PTi. The van der Waals surface area contributed by atoms with Crippen LogP contribution in [0.3, 0.4) is 0 Å². The van der Waals surface area contributed by atoms with Crippen LogP contribution >= 0.6 is 6.57 Å². The second-order valence-corrected chi connectivity index (χ2v) is 11.7. The summed E-state index contributed by atoms with van der Waals surface area (Å²) >= 11 is -1.02. The van der Waals surface area contributed by atoms with Crippen LogP contribution < -0.4 is 24.8 Å². The molecule has 0 aromatic heterocycles. The van der Waals surface area contributed by atoms with Gasteiger partial charge in [-0.3, -0.25) is 0 Å². The third kappa shape index (κ3) is 5.15. The van der Waals surface area contributed by atoms with Crippen molar-refractivity contribution < 1.29 is 41.7 Å². The summed E-state index contributed by atoms with van der Waals surface area (Å²) in [4.78, 5) is 4.48. The van der Waals surface area contributed by atoms with Crippen molar-refractivity contribution in [3.8, 4) is 0 Å². The van der Waals surface area contributed by atoms with E-state index in [0.717, 1.165) is 5.66 Å². The molecule has 0 N–H and O–H groups in total. The molecule has 0 spiro atoms. The summed E-state index contributed by atoms with van der Waals surface area (Å²) in [6.45, 7) is 1.24. The standard InChI is InChI=1S/C6H12P.C5H5.CH2.2ClH.Ti/c7-6-4-2-1-3-5-6;1-2-4-5-3-1;;;;/h6-7H,1-5H2;1-3H,4H2;1H2;2*1H;/q-1;;;;;+3/p-2. The fourth-order valence-electron chi connectivity index (χ4n) is 2.26. The van der Waals surface area contributed by atoms with Crippen LogP contribution in [0.4, 0.5) is 0 Å². The van der Waals surface area contributed by atoms with Gasteiger partial charge in [-0.05, 0) is 0 Å². The van der Waals surface area contributed by atoms with Gasteiger partial charge in [0.1, 0.15) is 0 Å². The quantitative estimate of drug-likeness (QED) is 0.410. The number of allylic oxidation sites excluding steroid dienone is 4. The third-order valence-electron chi connectivity index (χ3n) is 3.14. The Kier molecular flexibility index (Phi) is 9.67. The molecule has 0 amide bonds. The van der Waals surface area contributed by atoms with Crippen LogP contribution in [0.15, 0.2) is 22.1 Å². The Balaban J connectivity index is 0.00000112. The van der Waals surface area contributed by atoms with Crippen LogP contribution in [0.2, 0.25) is 0 Å². The maximum Gasteiger partial charge on any atom is -1.00 e. The van der Waals surface area contributed by atoms with E-state index in [4.69, 9.17) is 0 Å². The molecule has 0 aromatic rings. The molecule has 0 saturated heterocycles. The molecule has 2 rings (SSSR count). The van der Waals surface area contributed by atoms with Crippen molar-refractivity contribution in [1.82, 2.24) is 0 Å². The molecule has 2 aliphatic rings. The summed E-state index contributed by atoms with van der Waals surface area (Å²) in [6.07, 6.45) is 15.6. The van der Waals surface area contributed by atoms with Crippen LogP contribution in [-0.2, 0) is 16.9 Å². The average molecular weight is 313 g/mol. The Bertz CT molecular complexity index is 281. The van der Waals surface area contributed by atoms with E-state index >= 15 is 0 Å². The zero-order valence-electron chi connectivity index (χ0n) is 9.52. The van der Waals surface area contributed by atoms with Crippen molar-refractivity contribution in [3.05, 3.63) is 22.1 Å². The SMILES string of the molecule is [CH2]=[Ti+2]([PH]C1CCCCC1)[C]1=CC=CC1.[Cl-].[Cl-]. The van der Waals surface area contributed by atoms with E-state index in [1.807, 2.05) is 0 Å². The predicted molar refractivity (Wildman–Crippen MR) is 64.1 cm³/mol. The minimum absolute atomic E-state index is 0. The van der Waals surface area contributed by atoms with Crippen LogP contribution in [0.25, 0.3) is 0 Å². The van der Waals surface area contributed by atoms with Gasteiger partial charge in [0, 0.05) is 0 Å². The first-order chi connectivity index (χ1) is 6.86. The van der Waals surface area contributed by atoms with Crippen molar-refractivity contribution >= 4 is 11.4 Å². The van der Waals surface area contributed by atoms with Gasteiger partial charge in [0.15, 0.2) is 0 Å². The van der Waals surface area contributed by atoms with Crippen molar-refractivity contribution in [2.45, 2.75) is 44.2 Å². The minimum atomic E-state index is -1.02. The minimum Gasteiger partial charge on any atom is -1.00 e. The number of hydrogen-bond donors (Lipinski definition) is 0. The molecule has 0 aliphatic heterocycles. The summed E-state index contributed by atoms with van der Waals surface area (Å²) in [5, 5.41) is 0. The van der Waals surface area contributed by atoms with Gasteiger partial charge >= 0.3 is 94.6 Å². The van der Waals surface area contributed by atoms with E-state index in [-0.39, 0.29) is 24.8 Å². The van der Waals surface area contributed by atoms with Gasteiger partial charge < -0.3 is 24.8 Å². The van der Waals surface area contributed by atoms with Crippen molar-refractivity contribution in [2.24, 2.45) is 0 Å². The first-order valence-electron chi connectivity index (χ1n) is 5.68. The predicted octanol–water partition coefficient (Wildman–Crippen LogP) is -2.19. The van der Waals surface area contributed by atoms with Gasteiger partial charge in [-0.15, -0.1) is 0 Å². The Morgan fingerprint density at radius 3 is 2.44 bits per heavy atom. The number of hydrogen-bond acceptors (Lipinski definition) is 0. The van der Waals surface area contributed by atoms with Gasteiger partial charge in [0.2, 0.25) is 0 Å². The molecule has 0 heterocycles. The number of halogens is 2. The fraction of sp³-hybridized carbons (Fsp3) is 0.583. The van der Waals surface area contributed by atoms with Gasteiger partial charge in [0.25, 0.3) is 0 Å². The molecule has 1 saturated carbocycles. The largest absolute Gasteiger partial charge is 1.00 e. The Labute approximate surface area is 119 Å². The van der Waals surface area contributed by atoms with E-state index in [9.17, 15) is 0 Å². The van der Waals surface area contributed by atoms with Gasteiger partial charge in [-0.1, -0.05) is 0 Å². The second kappa shape index (κ2) is 9.06. The van der Waals surface area contributed by atoms with Crippen LogP contribution in [0.5, 0.6) is 0 Å². The molecule has 1 unspecified atom stereocenters. The van der Waals surface area contributed by atoms with E-state index < -0.39 is 16.9 Å². The Hall–Kier alpha value is 1.07. The Morgan fingerprint density at radius 2 is 1.88 bits per heavy atom. The molecule has 4 heteroatoms. The van der Waals surface area contributed by atoms with E-state index in [1.165, 1.54) is 45.1 Å². The third-order valence-corrected chi connectivity index (χ3v) is 11.1. The first kappa shape index (κ1) is 17.1. The molecule has 16 heavy (non-hydrogen) atoms. The van der Waals surface area contributed by atoms with Gasteiger partial charge in [0.05, 0.1) is 0 Å². The Morgan fingerprint density at radius 1 is 1.19 bits per heavy atom. The monoisotopic (exact) mass is 312 g/mol. The molecule has 0 nitrogen and oxygen atoms in total. The zero-order valence-corrected chi connectivity index (χ0v) is 13.6. The summed E-state index contributed by atoms with van der Waals surface area (Å²) in [5.41, 5.74) is 1.07. The molecule has 0 radical (unpaired) electrons. The molecule has 0 aromatic carbocycles. The molecule has 0 bridgehead atoms. The smallest absolute Gasteiger partial charge is 1.00 e. The van der Waals surface area contributed by atoms with Crippen LogP contribution in [0.1, 0.15) is 38.5 Å². The van der Waals surface area contributed by atoms with E-state index in [1.54, 1.807) is 3.88 Å². The topological polar surface area (TPSA) is 0 Å². The van der Waals surface area contributed by atoms with E-state index in [2.05, 4.69) is 23.0 Å². The average Bonchev–Trinajstić information content (AvgIpc) is 2.72. The normalized spacial score (nSPS) is 19.8. The van der Waals surface area contributed by atoms with Crippen LogP contribution in [0, 0.1) is 0 Å². The summed E-state index contributed by atoms with van der Waals surface area (Å²) in [7, 11) is 0.